The third-order valence-electron chi connectivity index (χ3n) is 5.48. The molecular weight excluding hydrogens is 328 g/mol. The molecule has 0 spiro atoms. The molecule has 4 nitrogen and oxygen atoms in total. The monoisotopic (exact) mass is 374 g/mol. The topological polar surface area (TPSA) is 13.0 Å². The lowest BCUT2D eigenvalue weighted by molar-refractivity contribution is 0.111. The van der Waals surface area contributed by atoms with Gasteiger partial charge in [-0.1, -0.05) is 0 Å². The van der Waals surface area contributed by atoms with Crippen molar-refractivity contribution in [2.24, 2.45) is 0 Å². The summed E-state index contributed by atoms with van der Waals surface area (Å²) in [4.78, 5) is 9.74. The first-order valence-electron chi connectivity index (χ1n) is 9.63. The Morgan fingerprint density at radius 1 is 0.520 bits per heavy atom. The summed E-state index contributed by atoms with van der Waals surface area (Å²) in [7, 11) is 6.61. The van der Waals surface area contributed by atoms with Crippen LogP contribution in [0.2, 0.25) is 0 Å². The predicted octanol–water partition coefficient (Wildman–Crippen LogP) is 3.35. The van der Waals surface area contributed by atoms with E-state index in [0.717, 1.165) is 39.3 Å². The van der Waals surface area contributed by atoms with E-state index in [1.54, 1.807) is 0 Å². The Bertz CT molecular complexity index is 308. The zero-order valence-electron chi connectivity index (χ0n) is 19.0. The third kappa shape index (κ3) is 10.8. The van der Waals surface area contributed by atoms with Crippen LogP contribution in [-0.2, 0) is 0 Å². The van der Waals surface area contributed by atoms with Crippen LogP contribution < -0.4 is 0 Å². The van der Waals surface area contributed by atoms with Crippen molar-refractivity contribution in [2.75, 3.05) is 60.4 Å². The highest BCUT2D eigenvalue weighted by Gasteiger charge is 2.22. The molecule has 0 atom stereocenters. The highest BCUT2D eigenvalue weighted by atomic mass is 32.1. The molecule has 0 amide bonds. The molecular formula is C20H46N4S. The molecule has 0 aromatic heterocycles. The van der Waals surface area contributed by atoms with Gasteiger partial charge in [0.05, 0.1) is 4.87 Å². The van der Waals surface area contributed by atoms with Crippen LogP contribution >= 0.6 is 12.6 Å². The number of hydrogen-bond donors (Lipinski definition) is 1. The van der Waals surface area contributed by atoms with Crippen molar-refractivity contribution in [3.63, 3.8) is 0 Å². The molecule has 0 bridgehead atoms. The van der Waals surface area contributed by atoms with Crippen LogP contribution in [0.4, 0.5) is 0 Å². The maximum absolute atomic E-state index is 4.69. The van der Waals surface area contributed by atoms with Crippen LogP contribution in [0.5, 0.6) is 0 Å². The minimum atomic E-state index is -0.0733. The average molecular weight is 375 g/mol. The van der Waals surface area contributed by atoms with Crippen molar-refractivity contribution in [1.29, 1.82) is 0 Å². The van der Waals surface area contributed by atoms with E-state index < -0.39 is 0 Å². The molecule has 0 aromatic rings. The van der Waals surface area contributed by atoms with Gasteiger partial charge < -0.3 is 9.80 Å². The fourth-order valence-electron chi connectivity index (χ4n) is 2.15. The van der Waals surface area contributed by atoms with Gasteiger partial charge >= 0.3 is 0 Å². The molecule has 152 valence electrons. The molecule has 0 aliphatic heterocycles. The van der Waals surface area contributed by atoms with E-state index in [9.17, 15) is 0 Å². The van der Waals surface area contributed by atoms with Crippen molar-refractivity contribution in [3.8, 4) is 0 Å². The van der Waals surface area contributed by atoms with Gasteiger partial charge in [0.15, 0.2) is 0 Å². The van der Waals surface area contributed by atoms with Gasteiger partial charge in [-0.2, -0.15) is 12.6 Å². The van der Waals surface area contributed by atoms with E-state index in [2.05, 4.69) is 109 Å². The Morgan fingerprint density at radius 3 is 1.04 bits per heavy atom. The Kier molecular flexibility index (Phi) is 10.0. The maximum atomic E-state index is 4.69. The molecule has 0 aliphatic rings. The molecule has 0 saturated carbocycles. The Labute approximate surface area is 164 Å². The van der Waals surface area contributed by atoms with Crippen LogP contribution in [0, 0.1) is 0 Å². The first-order valence-corrected chi connectivity index (χ1v) is 10.1. The fraction of sp³-hybridized carbons (Fsp3) is 1.00. The minimum absolute atomic E-state index is 0.0733. The van der Waals surface area contributed by atoms with Gasteiger partial charge in [0.1, 0.15) is 0 Å². The normalized spacial score (nSPS) is 14.4. The predicted molar refractivity (Wildman–Crippen MR) is 117 cm³/mol. The van der Waals surface area contributed by atoms with Crippen molar-refractivity contribution in [2.45, 2.75) is 71.3 Å². The molecule has 5 heteroatoms. The van der Waals surface area contributed by atoms with E-state index in [1.807, 2.05) is 0 Å². The van der Waals surface area contributed by atoms with Crippen molar-refractivity contribution >= 4 is 12.6 Å². The van der Waals surface area contributed by atoms with E-state index in [1.165, 1.54) is 0 Å². The molecule has 0 aromatic carbocycles. The summed E-state index contributed by atoms with van der Waals surface area (Å²) in [6.07, 6.45) is 0. The van der Waals surface area contributed by atoms with E-state index in [-0.39, 0.29) is 15.9 Å². The summed E-state index contributed by atoms with van der Waals surface area (Å²) in [6, 6.07) is 0. The molecule has 0 unspecified atom stereocenters. The number of nitrogens with zero attached hydrogens (tertiary/aromatic N) is 4. The lowest BCUT2D eigenvalue weighted by Gasteiger charge is -2.37. The molecule has 0 aliphatic carbocycles. The summed E-state index contributed by atoms with van der Waals surface area (Å²) in [5.74, 6) is 0. The molecule has 0 N–H and O–H groups in total. The highest BCUT2D eigenvalue weighted by Crippen LogP contribution is 2.16. The maximum Gasteiger partial charge on any atom is 0.0581 e. The highest BCUT2D eigenvalue weighted by molar-refractivity contribution is 7.81. The van der Waals surface area contributed by atoms with Gasteiger partial charge in [0.2, 0.25) is 0 Å². The van der Waals surface area contributed by atoms with Crippen molar-refractivity contribution in [1.82, 2.24) is 19.6 Å². The number of rotatable bonds is 10. The molecule has 0 fully saturated rings. The molecule has 0 radical (unpaired) electrons. The van der Waals surface area contributed by atoms with Crippen LogP contribution in [0.3, 0.4) is 0 Å². The van der Waals surface area contributed by atoms with Crippen LogP contribution in [0.25, 0.3) is 0 Å². The van der Waals surface area contributed by atoms with Gasteiger partial charge in [-0.3, -0.25) is 9.80 Å². The quantitative estimate of drug-likeness (QED) is 0.465. The Balaban J connectivity index is 4.70. The van der Waals surface area contributed by atoms with Crippen molar-refractivity contribution in [3.05, 3.63) is 0 Å². The number of hydrogen-bond acceptors (Lipinski definition) is 5. The first-order chi connectivity index (χ1) is 11.0. The number of thiol groups is 1. The molecule has 25 heavy (non-hydrogen) atoms. The lowest BCUT2D eigenvalue weighted by Crippen LogP contribution is -2.48. The van der Waals surface area contributed by atoms with E-state index >= 15 is 0 Å². The summed E-state index contributed by atoms with van der Waals surface area (Å²) in [5.41, 5.74) is 0.440. The van der Waals surface area contributed by atoms with Crippen molar-refractivity contribution < 1.29 is 0 Å². The molecule has 0 saturated heterocycles. The SMILES string of the molecule is CN(CCN(CCN(C)C(C)(C)C)CCN(C)C(C)(C)S)C(C)(C)C. The Morgan fingerprint density at radius 2 is 0.800 bits per heavy atom. The zero-order chi connectivity index (χ0) is 20.1. The van der Waals surface area contributed by atoms with Gasteiger partial charge in [-0.05, 0) is 76.5 Å². The second-order valence-corrected chi connectivity index (χ2v) is 11.0. The third-order valence-corrected chi connectivity index (χ3v) is 5.82. The van der Waals surface area contributed by atoms with Gasteiger partial charge in [0, 0.05) is 50.3 Å². The lowest BCUT2D eigenvalue weighted by atomic mass is 10.1. The molecule has 0 rings (SSSR count). The van der Waals surface area contributed by atoms with E-state index in [0.29, 0.717) is 0 Å². The Hall–Kier alpha value is 0.190. The van der Waals surface area contributed by atoms with Crippen LogP contribution in [0.15, 0.2) is 0 Å². The van der Waals surface area contributed by atoms with Gasteiger partial charge in [-0.15, -0.1) is 0 Å². The fourth-order valence-corrected chi connectivity index (χ4v) is 2.25. The second kappa shape index (κ2) is 9.93. The summed E-state index contributed by atoms with van der Waals surface area (Å²) >= 11 is 4.69. The smallest absolute Gasteiger partial charge is 0.0581 e. The standard InChI is InChI=1S/C20H46N4S/c1-18(2,3)21(9)12-15-24(16-13-22(10)19(4,5)6)17-14-23(11)20(7,8)25/h25H,12-17H2,1-11H3. The average Bonchev–Trinajstić information content (AvgIpc) is 2.42. The first kappa shape index (κ1) is 25.2. The van der Waals surface area contributed by atoms with Crippen LogP contribution in [0.1, 0.15) is 55.4 Å². The second-order valence-electron chi connectivity index (χ2n) is 9.94. The summed E-state index contributed by atoms with van der Waals surface area (Å²) in [5, 5.41) is 0. The zero-order valence-corrected chi connectivity index (χ0v) is 19.9. The minimum Gasteiger partial charge on any atom is -0.300 e. The van der Waals surface area contributed by atoms with Gasteiger partial charge in [0.25, 0.3) is 0 Å². The van der Waals surface area contributed by atoms with Gasteiger partial charge in [-0.25, -0.2) is 0 Å². The summed E-state index contributed by atoms with van der Waals surface area (Å²) < 4.78 is 0. The van der Waals surface area contributed by atoms with Crippen LogP contribution in [-0.4, -0.2) is 96.0 Å². The number of likely N-dealkylation sites (N-methyl/N-ethyl adjacent to an activating group) is 3. The molecule has 0 heterocycles. The van der Waals surface area contributed by atoms with E-state index in [4.69, 9.17) is 0 Å². The summed E-state index contributed by atoms with van der Waals surface area (Å²) in [6.45, 7) is 24.5. The largest absolute Gasteiger partial charge is 0.300 e.